The predicted octanol–water partition coefficient (Wildman–Crippen LogP) is 4.54. The second-order valence-electron chi connectivity index (χ2n) is 6.52. The second-order valence-corrected chi connectivity index (χ2v) is 7.38. The minimum atomic E-state index is -0.381. The van der Waals surface area contributed by atoms with Crippen molar-refractivity contribution in [3.8, 4) is 27.8 Å². The van der Waals surface area contributed by atoms with Crippen LogP contribution < -0.4 is 14.2 Å². The molecule has 0 aliphatic rings. The molecule has 0 unspecified atom stereocenters. The molecule has 0 spiro atoms. The number of ether oxygens (including phenoxy) is 4. The average molecular weight is 442 g/mol. The number of ketones is 1. The number of Topliss-reactive ketones (excluding diaryl/α,β-unsaturated/α-hetero) is 1. The Morgan fingerprint density at radius 2 is 1.81 bits per heavy atom. The molecule has 2 aromatic carbocycles. The van der Waals surface area contributed by atoms with Crippen molar-refractivity contribution >= 4 is 23.1 Å². The van der Waals surface area contributed by atoms with Crippen LogP contribution in [0.5, 0.6) is 17.2 Å². The number of carbonyl (C=O) groups excluding carboxylic acids is 2. The van der Waals surface area contributed by atoms with Crippen LogP contribution in [0.4, 0.5) is 0 Å². The molecule has 3 rings (SSSR count). The minimum Gasteiger partial charge on any atom is -0.493 e. The summed E-state index contributed by atoms with van der Waals surface area (Å²) in [6.45, 7) is 1.76. The van der Waals surface area contributed by atoms with Crippen LogP contribution in [0.2, 0.25) is 0 Å². The highest BCUT2D eigenvalue weighted by atomic mass is 32.1. The van der Waals surface area contributed by atoms with Crippen molar-refractivity contribution in [2.75, 3.05) is 20.8 Å². The van der Waals surface area contributed by atoms with E-state index in [-0.39, 0.29) is 31.4 Å². The van der Waals surface area contributed by atoms with Gasteiger partial charge in [0.15, 0.2) is 17.3 Å². The van der Waals surface area contributed by atoms with E-state index in [1.165, 1.54) is 18.3 Å². The van der Waals surface area contributed by atoms with Gasteiger partial charge in [0.2, 0.25) is 0 Å². The third-order valence-electron chi connectivity index (χ3n) is 4.40. The van der Waals surface area contributed by atoms with Gasteiger partial charge in [0.05, 0.1) is 38.5 Å². The highest BCUT2D eigenvalue weighted by molar-refractivity contribution is 7.13. The first kappa shape index (κ1) is 22.3. The number of benzene rings is 2. The number of carbonyl (C=O) groups is 2. The first-order valence-electron chi connectivity index (χ1n) is 9.57. The molecular formula is C23H23NO6S. The number of methoxy groups -OCH3 is 2. The molecule has 0 fully saturated rings. The van der Waals surface area contributed by atoms with Gasteiger partial charge < -0.3 is 18.9 Å². The molecule has 0 bridgehead atoms. The van der Waals surface area contributed by atoms with Gasteiger partial charge in [0.1, 0.15) is 17.4 Å². The van der Waals surface area contributed by atoms with E-state index in [1.54, 1.807) is 38.5 Å². The molecule has 31 heavy (non-hydrogen) atoms. The average Bonchev–Trinajstić information content (AvgIpc) is 3.26. The lowest BCUT2D eigenvalue weighted by atomic mass is 10.1. The summed E-state index contributed by atoms with van der Waals surface area (Å²) in [4.78, 5) is 27.8. The van der Waals surface area contributed by atoms with E-state index in [9.17, 15) is 9.59 Å². The SMILES string of the molecule is COc1cccc(-c2nc(COC(=O)CCOc3ccc(C(C)=O)cc3)cs2)c1OC. The van der Waals surface area contributed by atoms with Crippen LogP contribution in [0.3, 0.4) is 0 Å². The van der Waals surface area contributed by atoms with Crippen LogP contribution in [0.25, 0.3) is 10.6 Å². The zero-order chi connectivity index (χ0) is 22.2. The Labute approximate surface area is 184 Å². The van der Waals surface area contributed by atoms with Crippen molar-refractivity contribution in [1.29, 1.82) is 0 Å². The molecule has 0 saturated heterocycles. The Hall–Kier alpha value is -3.39. The maximum Gasteiger partial charge on any atom is 0.309 e. The quantitative estimate of drug-likeness (QED) is 0.337. The normalized spacial score (nSPS) is 10.4. The number of hydrogen-bond donors (Lipinski definition) is 0. The van der Waals surface area contributed by atoms with Crippen molar-refractivity contribution < 1.29 is 28.5 Å². The number of thiazole rings is 1. The largest absolute Gasteiger partial charge is 0.493 e. The third kappa shape index (κ3) is 5.82. The fourth-order valence-corrected chi connectivity index (χ4v) is 3.64. The van der Waals surface area contributed by atoms with E-state index in [0.717, 1.165) is 10.6 Å². The summed E-state index contributed by atoms with van der Waals surface area (Å²) in [7, 11) is 3.16. The minimum absolute atomic E-state index is 0.00910. The molecule has 0 radical (unpaired) electrons. The molecule has 0 atom stereocenters. The smallest absolute Gasteiger partial charge is 0.309 e. The number of aromatic nitrogens is 1. The molecule has 0 saturated carbocycles. The summed E-state index contributed by atoms with van der Waals surface area (Å²) in [5.74, 6) is 1.43. The molecule has 1 aromatic heterocycles. The van der Waals surface area contributed by atoms with Crippen molar-refractivity contribution in [2.45, 2.75) is 20.0 Å². The molecule has 0 N–H and O–H groups in total. The van der Waals surface area contributed by atoms with Crippen LogP contribution in [0.1, 0.15) is 29.4 Å². The van der Waals surface area contributed by atoms with E-state index in [2.05, 4.69) is 4.98 Å². The molecule has 162 valence electrons. The second kappa shape index (κ2) is 10.6. The van der Waals surface area contributed by atoms with Gasteiger partial charge in [-0.1, -0.05) is 6.07 Å². The third-order valence-corrected chi connectivity index (χ3v) is 5.33. The van der Waals surface area contributed by atoms with Crippen LogP contribution in [0, 0.1) is 0 Å². The zero-order valence-corrected chi connectivity index (χ0v) is 18.4. The summed E-state index contributed by atoms with van der Waals surface area (Å²) in [5.41, 5.74) is 2.08. The summed E-state index contributed by atoms with van der Waals surface area (Å²) in [5, 5.41) is 2.59. The molecule has 0 aliphatic carbocycles. The number of nitrogens with zero attached hydrogens (tertiary/aromatic N) is 1. The maximum absolute atomic E-state index is 12.0. The topological polar surface area (TPSA) is 84.0 Å². The van der Waals surface area contributed by atoms with E-state index in [0.29, 0.717) is 28.5 Å². The fraction of sp³-hybridized carbons (Fsp3) is 0.261. The summed E-state index contributed by atoms with van der Waals surface area (Å²) < 4.78 is 21.6. The first-order chi connectivity index (χ1) is 15.0. The van der Waals surface area contributed by atoms with E-state index in [4.69, 9.17) is 18.9 Å². The number of esters is 1. The van der Waals surface area contributed by atoms with Gasteiger partial charge in [-0.2, -0.15) is 0 Å². The van der Waals surface area contributed by atoms with Gasteiger partial charge in [-0.05, 0) is 43.3 Å². The molecule has 0 aliphatic heterocycles. The lowest BCUT2D eigenvalue weighted by molar-refractivity contribution is -0.145. The monoisotopic (exact) mass is 441 g/mol. The van der Waals surface area contributed by atoms with Crippen LogP contribution in [-0.2, 0) is 16.1 Å². The number of para-hydroxylation sites is 1. The highest BCUT2D eigenvalue weighted by Crippen LogP contribution is 2.39. The lowest BCUT2D eigenvalue weighted by Gasteiger charge is -2.10. The molecular weight excluding hydrogens is 418 g/mol. The molecule has 7 nitrogen and oxygen atoms in total. The predicted molar refractivity (Wildman–Crippen MR) is 117 cm³/mol. The van der Waals surface area contributed by atoms with Crippen LogP contribution in [0.15, 0.2) is 47.8 Å². The molecule has 8 heteroatoms. The fourth-order valence-electron chi connectivity index (χ4n) is 2.82. The van der Waals surface area contributed by atoms with Gasteiger partial charge in [0.25, 0.3) is 0 Å². The number of rotatable bonds is 10. The Bertz CT molecular complexity index is 1040. The van der Waals surface area contributed by atoms with Crippen molar-refractivity contribution in [3.05, 3.63) is 59.1 Å². The first-order valence-corrected chi connectivity index (χ1v) is 10.4. The lowest BCUT2D eigenvalue weighted by Crippen LogP contribution is -2.10. The van der Waals surface area contributed by atoms with Gasteiger partial charge in [-0.15, -0.1) is 11.3 Å². The van der Waals surface area contributed by atoms with Crippen molar-refractivity contribution in [1.82, 2.24) is 4.98 Å². The Balaban J connectivity index is 1.49. The summed E-state index contributed by atoms with van der Waals surface area (Å²) in [6.07, 6.45) is 0.106. The Kier molecular flexibility index (Phi) is 7.61. The molecule has 1 heterocycles. The Morgan fingerprint density at radius 1 is 1.03 bits per heavy atom. The number of hydrogen-bond acceptors (Lipinski definition) is 8. The van der Waals surface area contributed by atoms with Crippen LogP contribution in [-0.4, -0.2) is 37.6 Å². The van der Waals surface area contributed by atoms with E-state index in [1.807, 2.05) is 23.6 Å². The summed E-state index contributed by atoms with van der Waals surface area (Å²) in [6, 6.07) is 12.4. The van der Waals surface area contributed by atoms with Gasteiger partial charge >= 0.3 is 5.97 Å². The maximum atomic E-state index is 12.0. The van der Waals surface area contributed by atoms with Gasteiger partial charge in [0, 0.05) is 10.9 Å². The Morgan fingerprint density at radius 3 is 2.48 bits per heavy atom. The zero-order valence-electron chi connectivity index (χ0n) is 17.5. The van der Waals surface area contributed by atoms with Gasteiger partial charge in [-0.3, -0.25) is 9.59 Å². The van der Waals surface area contributed by atoms with Crippen molar-refractivity contribution in [2.24, 2.45) is 0 Å². The van der Waals surface area contributed by atoms with E-state index >= 15 is 0 Å². The molecule has 0 amide bonds. The van der Waals surface area contributed by atoms with Gasteiger partial charge in [-0.25, -0.2) is 4.98 Å². The molecule has 3 aromatic rings. The standard InChI is InChI=1S/C23H23NO6S/c1-15(25)16-7-9-18(10-8-16)29-12-11-21(26)30-13-17-14-31-23(24-17)19-5-4-6-20(27-2)22(19)28-3/h4-10,14H,11-13H2,1-3H3. The van der Waals surface area contributed by atoms with E-state index < -0.39 is 0 Å². The van der Waals surface area contributed by atoms with Crippen LogP contribution >= 0.6 is 11.3 Å². The summed E-state index contributed by atoms with van der Waals surface area (Å²) >= 11 is 1.43. The highest BCUT2D eigenvalue weighted by Gasteiger charge is 2.15. The van der Waals surface area contributed by atoms with Crippen molar-refractivity contribution in [3.63, 3.8) is 0 Å².